The summed E-state index contributed by atoms with van der Waals surface area (Å²) in [6.07, 6.45) is 5.01. The predicted octanol–water partition coefficient (Wildman–Crippen LogP) is 8.44. The third-order valence-corrected chi connectivity index (χ3v) is 9.02. The van der Waals surface area contributed by atoms with Gasteiger partial charge in [-0.25, -0.2) is 4.98 Å². The summed E-state index contributed by atoms with van der Waals surface area (Å²) >= 11 is 0. The van der Waals surface area contributed by atoms with Gasteiger partial charge in [0.1, 0.15) is 5.82 Å². The third-order valence-electron chi connectivity index (χ3n) is 9.02. The molecule has 0 radical (unpaired) electrons. The summed E-state index contributed by atoms with van der Waals surface area (Å²) in [4.78, 5) is 5.02. The van der Waals surface area contributed by atoms with Gasteiger partial charge in [-0.05, 0) is 39.8 Å². The molecule has 0 bridgehead atoms. The molecule has 226 valence electrons. The molecule has 9 rings (SSSR count). The van der Waals surface area contributed by atoms with Gasteiger partial charge in [0.15, 0.2) is 0 Å². The molecule has 0 N–H and O–H groups in total. The first-order valence-electron chi connectivity index (χ1n) is 16.4. The van der Waals surface area contributed by atoms with E-state index in [1.54, 1.807) is 10.6 Å². The number of imidazole rings is 1. The molecule has 1 aliphatic carbocycles. The fourth-order valence-corrected chi connectivity index (χ4v) is 6.85. The van der Waals surface area contributed by atoms with E-state index in [1.807, 2.05) is 60.8 Å². The van der Waals surface area contributed by atoms with Crippen LogP contribution < -0.4 is 9.30 Å². The average molecular weight is 779 g/mol. The Morgan fingerprint density at radius 2 is 1.54 bits per heavy atom. The number of benzene rings is 5. The van der Waals surface area contributed by atoms with Crippen LogP contribution in [0.25, 0.3) is 55.5 Å². The minimum Gasteiger partial charge on any atom is -0.510 e. The molecule has 5 aromatic carbocycles. The number of fused-ring (bicyclic) bond motifs is 7. The van der Waals surface area contributed by atoms with Crippen LogP contribution in [0.2, 0.25) is 0 Å². The average Bonchev–Trinajstić information content (AvgIpc) is 3.71. The van der Waals surface area contributed by atoms with Crippen molar-refractivity contribution in [2.45, 2.75) is 19.3 Å². The van der Waals surface area contributed by atoms with Gasteiger partial charge in [-0.15, -0.1) is 29.7 Å². The number of hydrogen-bond acceptors (Lipinski definition) is 2. The topological polar surface area (TPSA) is 35.9 Å². The summed E-state index contributed by atoms with van der Waals surface area (Å²) in [5.41, 5.74) is 8.57. The molecule has 0 saturated carbocycles. The molecule has 0 spiro atoms. The molecular formula is C40H28N4OPt-2. The van der Waals surface area contributed by atoms with E-state index in [2.05, 4.69) is 85.4 Å². The Morgan fingerprint density at radius 3 is 2.43 bits per heavy atom. The van der Waals surface area contributed by atoms with Gasteiger partial charge in [-0.3, -0.25) is 0 Å². The smallest absolute Gasteiger partial charge is 0.242 e. The zero-order chi connectivity index (χ0) is 32.8. The largest absolute Gasteiger partial charge is 0.510 e. The number of aromatic nitrogens is 4. The van der Waals surface area contributed by atoms with Gasteiger partial charge in [0.25, 0.3) is 0 Å². The second-order valence-corrected chi connectivity index (χ2v) is 12.0. The van der Waals surface area contributed by atoms with Crippen molar-refractivity contribution in [3.63, 3.8) is 0 Å². The SMILES string of the molecule is [2H]C([2H])([2H])[n+]1[c-]n(-c2[c-]c(Oc3[c-]c4c(cc3)c3ccccc3n4-c3cc4c(cn3)C(C)(C)c3ccccc3-4)ccc2)c2ccccc21.[Pt]. The standard InChI is InChI=1S/C40H28N4O.Pt/c1-40(2)33-15-6-4-13-29(33)32-23-39(41-24-34(32)40)44-35-16-7-5-14-30(35)31-20-19-28(22-38(31)44)45-27-12-10-11-26(21-27)43-25-42(3)36-17-8-9-18-37(36)43;/h4-20,23-24H,1-3H3;/q-2;/i3D3;. The van der Waals surface area contributed by atoms with Crippen molar-refractivity contribution >= 4 is 32.8 Å². The second-order valence-electron chi connectivity index (χ2n) is 12.0. The maximum absolute atomic E-state index is 8.00. The fraction of sp³-hybridized carbons (Fsp3) is 0.100. The number of hydrogen-bond donors (Lipinski definition) is 0. The zero-order valence-corrected chi connectivity index (χ0v) is 27.3. The van der Waals surface area contributed by atoms with Crippen molar-refractivity contribution in [1.29, 1.82) is 0 Å². The van der Waals surface area contributed by atoms with Crippen LogP contribution in [-0.4, -0.2) is 14.1 Å². The summed E-state index contributed by atoms with van der Waals surface area (Å²) < 4.78 is 35.4. The van der Waals surface area contributed by atoms with Gasteiger partial charge in [-0.1, -0.05) is 91.8 Å². The van der Waals surface area contributed by atoms with E-state index >= 15 is 0 Å². The molecule has 0 unspecified atom stereocenters. The van der Waals surface area contributed by atoms with E-state index in [0.717, 1.165) is 27.6 Å². The Morgan fingerprint density at radius 1 is 0.761 bits per heavy atom. The van der Waals surface area contributed by atoms with E-state index in [-0.39, 0.29) is 26.5 Å². The van der Waals surface area contributed by atoms with E-state index < -0.39 is 6.98 Å². The maximum atomic E-state index is 8.00. The van der Waals surface area contributed by atoms with Crippen LogP contribution in [0.3, 0.4) is 0 Å². The molecule has 0 saturated heterocycles. The number of rotatable bonds is 4. The molecule has 46 heavy (non-hydrogen) atoms. The van der Waals surface area contributed by atoms with Gasteiger partial charge < -0.3 is 18.4 Å². The van der Waals surface area contributed by atoms with E-state index in [0.29, 0.717) is 28.2 Å². The molecule has 0 aliphatic heterocycles. The van der Waals surface area contributed by atoms with Crippen molar-refractivity contribution in [2.75, 3.05) is 0 Å². The van der Waals surface area contributed by atoms with Crippen LogP contribution in [0, 0.1) is 18.5 Å². The van der Waals surface area contributed by atoms with Crippen molar-refractivity contribution in [1.82, 2.24) is 14.1 Å². The Hall–Kier alpha value is -4.99. The minimum absolute atomic E-state index is 0. The van der Waals surface area contributed by atoms with Gasteiger partial charge >= 0.3 is 0 Å². The van der Waals surface area contributed by atoms with Crippen LogP contribution in [-0.2, 0) is 33.5 Å². The molecule has 0 fully saturated rings. The molecule has 5 nitrogen and oxygen atoms in total. The number of aryl methyl sites for hydroxylation is 1. The monoisotopic (exact) mass is 778 g/mol. The number of para-hydroxylation sites is 3. The Balaban J connectivity index is 0.00000348. The number of ether oxygens (including phenoxy) is 1. The van der Waals surface area contributed by atoms with Crippen LogP contribution in [0.15, 0.2) is 115 Å². The molecule has 8 aromatic rings. The molecular weight excluding hydrogens is 748 g/mol. The quantitative estimate of drug-likeness (QED) is 0.133. The Bertz CT molecular complexity index is 2580. The first-order chi connectivity index (χ1) is 23.2. The van der Waals surface area contributed by atoms with Crippen LogP contribution in [0.5, 0.6) is 11.5 Å². The van der Waals surface area contributed by atoms with Gasteiger partial charge in [0.2, 0.25) is 6.33 Å². The Kier molecular flexibility index (Phi) is 5.78. The number of pyridine rings is 1. The summed E-state index contributed by atoms with van der Waals surface area (Å²) in [5, 5.41) is 2.14. The van der Waals surface area contributed by atoms with Crippen molar-refractivity contribution < 1.29 is 34.5 Å². The normalized spacial score (nSPS) is 14.3. The first-order valence-corrected chi connectivity index (χ1v) is 14.9. The summed E-state index contributed by atoms with van der Waals surface area (Å²) in [6, 6.07) is 42.8. The summed E-state index contributed by atoms with van der Waals surface area (Å²) in [5.74, 6) is 1.80. The predicted molar refractivity (Wildman–Crippen MR) is 177 cm³/mol. The second kappa shape index (κ2) is 10.5. The number of nitrogens with zero attached hydrogens (tertiary/aromatic N) is 4. The van der Waals surface area contributed by atoms with Crippen LogP contribution in [0.1, 0.15) is 29.1 Å². The minimum atomic E-state index is -2.38. The molecule has 0 atom stereocenters. The van der Waals surface area contributed by atoms with E-state index in [9.17, 15) is 0 Å². The third kappa shape index (κ3) is 4.19. The fourth-order valence-electron chi connectivity index (χ4n) is 6.85. The van der Waals surface area contributed by atoms with Gasteiger partial charge in [0, 0.05) is 49.7 Å². The molecule has 0 amide bonds. The maximum Gasteiger partial charge on any atom is 0.242 e. The van der Waals surface area contributed by atoms with Crippen molar-refractivity contribution in [3.05, 3.63) is 145 Å². The van der Waals surface area contributed by atoms with Crippen LogP contribution >= 0.6 is 0 Å². The first kappa shape index (κ1) is 25.2. The Labute approximate surface area is 285 Å². The van der Waals surface area contributed by atoms with E-state index in [1.165, 1.54) is 26.8 Å². The molecule has 6 heteroatoms. The molecule has 3 aromatic heterocycles. The zero-order valence-electron chi connectivity index (χ0n) is 28.0. The molecule has 3 heterocycles. The molecule has 1 aliphatic rings. The summed E-state index contributed by atoms with van der Waals surface area (Å²) in [6.45, 7) is 2.13. The summed E-state index contributed by atoms with van der Waals surface area (Å²) in [7, 11) is 0. The van der Waals surface area contributed by atoms with Gasteiger partial charge in [0.05, 0.1) is 22.1 Å². The van der Waals surface area contributed by atoms with Crippen molar-refractivity contribution in [2.24, 2.45) is 6.98 Å². The van der Waals surface area contributed by atoms with Gasteiger partial charge in [-0.2, -0.15) is 18.2 Å². The van der Waals surface area contributed by atoms with Crippen LogP contribution in [0.4, 0.5) is 0 Å². The van der Waals surface area contributed by atoms with E-state index in [4.69, 9.17) is 13.8 Å². The van der Waals surface area contributed by atoms with Crippen molar-refractivity contribution in [3.8, 4) is 34.1 Å².